The van der Waals surface area contributed by atoms with Crippen LogP contribution in [0.4, 0.5) is 0 Å². The number of aliphatic hydroxyl groups is 1. The summed E-state index contributed by atoms with van der Waals surface area (Å²) in [4.78, 5) is 0. The molecule has 0 bridgehead atoms. The highest BCUT2D eigenvalue weighted by Gasteiger charge is 2.41. The molecule has 1 aliphatic carbocycles. The van der Waals surface area contributed by atoms with Gasteiger partial charge >= 0.3 is 0 Å². The van der Waals surface area contributed by atoms with E-state index in [0.717, 1.165) is 25.7 Å². The number of rotatable bonds is 2. The molecule has 1 heteroatoms. The van der Waals surface area contributed by atoms with Crippen molar-refractivity contribution in [1.82, 2.24) is 0 Å². The third kappa shape index (κ3) is 2.72. The molecule has 0 saturated heterocycles. The lowest BCUT2D eigenvalue weighted by Crippen LogP contribution is -2.39. The van der Waals surface area contributed by atoms with E-state index in [0.29, 0.717) is 5.92 Å². The monoisotopic (exact) mass is 260 g/mol. The Balaban J connectivity index is 2.50. The Labute approximate surface area is 118 Å². The highest BCUT2D eigenvalue weighted by molar-refractivity contribution is 5.38. The van der Waals surface area contributed by atoms with Crippen molar-refractivity contribution in [2.45, 2.75) is 70.8 Å². The lowest BCUT2D eigenvalue weighted by molar-refractivity contribution is -0.0569. The molecule has 19 heavy (non-hydrogen) atoms. The maximum absolute atomic E-state index is 11.3. The van der Waals surface area contributed by atoms with E-state index in [-0.39, 0.29) is 5.41 Å². The molecule has 0 spiro atoms. The summed E-state index contributed by atoms with van der Waals surface area (Å²) in [5, 5.41) is 11.3. The van der Waals surface area contributed by atoms with Crippen LogP contribution in [0.2, 0.25) is 0 Å². The molecule has 0 radical (unpaired) electrons. The van der Waals surface area contributed by atoms with Crippen LogP contribution in [0.1, 0.15) is 70.9 Å². The minimum absolute atomic E-state index is 0.0854. The third-order valence-corrected chi connectivity index (χ3v) is 4.73. The van der Waals surface area contributed by atoms with Crippen molar-refractivity contribution in [3.8, 4) is 0 Å². The first-order valence-electron chi connectivity index (χ1n) is 7.72. The summed E-state index contributed by atoms with van der Waals surface area (Å²) in [7, 11) is 0. The molecular weight excluding hydrogens is 232 g/mol. The van der Waals surface area contributed by atoms with Crippen molar-refractivity contribution in [3.63, 3.8) is 0 Å². The summed E-state index contributed by atoms with van der Waals surface area (Å²) in [6.07, 6.45) is 5.54. The summed E-state index contributed by atoms with van der Waals surface area (Å²) in [6.45, 7) is 8.91. The van der Waals surface area contributed by atoms with E-state index in [4.69, 9.17) is 0 Å². The smallest absolute Gasteiger partial charge is 0.0927 e. The van der Waals surface area contributed by atoms with E-state index in [1.54, 1.807) is 0 Å². The first-order chi connectivity index (χ1) is 8.89. The Morgan fingerprint density at radius 2 is 1.89 bits per heavy atom. The minimum atomic E-state index is -0.614. The van der Waals surface area contributed by atoms with Crippen molar-refractivity contribution in [2.24, 2.45) is 5.92 Å². The molecule has 0 amide bonds. The Kier molecular flexibility index (Phi) is 4.06. The van der Waals surface area contributed by atoms with Crippen LogP contribution in [0.25, 0.3) is 0 Å². The van der Waals surface area contributed by atoms with Crippen LogP contribution in [-0.2, 0) is 11.0 Å². The van der Waals surface area contributed by atoms with Gasteiger partial charge in [-0.15, -0.1) is 0 Å². The number of hydrogen-bond acceptors (Lipinski definition) is 1. The molecule has 1 saturated carbocycles. The van der Waals surface area contributed by atoms with E-state index < -0.39 is 5.60 Å². The average molecular weight is 260 g/mol. The van der Waals surface area contributed by atoms with Crippen LogP contribution >= 0.6 is 0 Å². The van der Waals surface area contributed by atoms with Crippen molar-refractivity contribution in [1.29, 1.82) is 0 Å². The summed E-state index contributed by atoms with van der Waals surface area (Å²) >= 11 is 0. The molecule has 1 aliphatic rings. The van der Waals surface area contributed by atoms with E-state index in [9.17, 15) is 5.11 Å². The van der Waals surface area contributed by atoms with Crippen molar-refractivity contribution in [2.75, 3.05) is 0 Å². The zero-order chi connectivity index (χ0) is 14.1. The topological polar surface area (TPSA) is 20.2 Å². The van der Waals surface area contributed by atoms with Gasteiger partial charge in [-0.25, -0.2) is 0 Å². The Morgan fingerprint density at radius 1 is 1.21 bits per heavy atom. The lowest BCUT2D eigenvalue weighted by atomic mass is 9.67. The normalized spacial score (nSPS) is 28.4. The Morgan fingerprint density at radius 3 is 2.53 bits per heavy atom. The van der Waals surface area contributed by atoms with E-state index in [2.05, 4.69) is 52.0 Å². The maximum atomic E-state index is 11.3. The highest BCUT2D eigenvalue weighted by Crippen LogP contribution is 2.46. The van der Waals surface area contributed by atoms with Gasteiger partial charge in [-0.3, -0.25) is 0 Å². The standard InChI is InChI=1S/C18H28O/c1-5-14-10-8-9-13-18(14,19)16-12-7-6-11-15(16)17(2,3)4/h6-7,11-12,14,19H,5,8-10,13H2,1-4H3. The summed E-state index contributed by atoms with van der Waals surface area (Å²) in [5.74, 6) is 0.407. The number of benzene rings is 1. The molecule has 0 aliphatic heterocycles. The van der Waals surface area contributed by atoms with Crippen molar-refractivity contribution < 1.29 is 5.11 Å². The highest BCUT2D eigenvalue weighted by atomic mass is 16.3. The zero-order valence-corrected chi connectivity index (χ0v) is 12.9. The van der Waals surface area contributed by atoms with Crippen LogP contribution in [0.3, 0.4) is 0 Å². The molecule has 1 aromatic carbocycles. The van der Waals surface area contributed by atoms with Crippen molar-refractivity contribution in [3.05, 3.63) is 35.4 Å². The predicted molar refractivity (Wildman–Crippen MR) is 81.3 cm³/mol. The first-order valence-corrected chi connectivity index (χ1v) is 7.72. The summed E-state index contributed by atoms with van der Waals surface area (Å²) in [6, 6.07) is 8.50. The van der Waals surface area contributed by atoms with E-state index in [1.807, 2.05) is 0 Å². The van der Waals surface area contributed by atoms with Gasteiger partial charge in [-0.2, -0.15) is 0 Å². The van der Waals surface area contributed by atoms with Gasteiger partial charge in [0, 0.05) is 0 Å². The molecule has 106 valence electrons. The quantitative estimate of drug-likeness (QED) is 0.812. The van der Waals surface area contributed by atoms with Gasteiger partial charge in [0.25, 0.3) is 0 Å². The van der Waals surface area contributed by atoms with Gasteiger partial charge < -0.3 is 5.11 Å². The molecule has 1 aromatic rings. The molecule has 1 nitrogen and oxygen atoms in total. The molecule has 1 N–H and O–H groups in total. The van der Waals surface area contributed by atoms with Gasteiger partial charge in [0.15, 0.2) is 0 Å². The van der Waals surface area contributed by atoms with E-state index in [1.165, 1.54) is 17.5 Å². The van der Waals surface area contributed by atoms with Crippen LogP contribution in [-0.4, -0.2) is 5.11 Å². The molecule has 0 aromatic heterocycles. The fraction of sp³-hybridized carbons (Fsp3) is 0.667. The molecule has 2 unspecified atom stereocenters. The lowest BCUT2D eigenvalue weighted by Gasteiger charge is -2.42. The summed E-state index contributed by atoms with van der Waals surface area (Å²) < 4.78 is 0. The fourth-order valence-electron chi connectivity index (χ4n) is 3.64. The van der Waals surface area contributed by atoms with Crippen LogP contribution in [0.15, 0.2) is 24.3 Å². The fourth-order valence-corrected chi connectivity index (χ4v) is 3.64. The van der Waals surface area contributed by atoms with Crippen molar-refractivity contribution >= 4 is 0 Å². The van der Waals surface area contributed by atoms with Crippen LogP contribution in [0.5, 0.6) is 0 Å². The summed E-state index contributed by atoms with van der Waals surface area (Å²) in [5.41, 5.74) is 1.95. The molecule has 2 rings (SSSR count). The third-order valence-electron chi connectivity index (χ3n) is 4.73. The van der Waals surface area contributed by atoms with Gasteiger partial charge in [-0.05, 0) is 35.3 Å². The SMILES string of the molecule is CCC1CCCCC1(O)c1ccccc1C(C)(C)C. The van der Waals surface area contributed by atoms with E-state index >= 15 is 0 Å². The Hall–Kier alpha value is -0.820. The van der Waals surface area contributed by atoms with Crippen LogP contribution in [0, 0.1) is 5.92 Å². The second-order valence-electron chi connectivity index (χ2n) is 7.07. The average Bonchev–Trinajstić information content (AvgIpc) is 2.38. The first kappa shape index (κ1) is 14.6. The molecular formula is C18H28O. The van der Waals surface area contributed by atoms with Gasteiger partial charge in [0.2, 0.25) is 0 Å². The van der Waals surface area contributed by atoms with Gasteiger partial charge in [0.1, 0.15) is 0 Å². The largest absolute Gasteiger partial charge is 0.385 e. The zero-order valence-electron chi connectivity index (χ0n) is 12.9. The molecule has 2 atom stereocenters. The molecule has 0 heterocycles. The predicted octanol–water partition coefficient (Wildman–Crippen LogP) is 4.77. The second-order valence-corrected chi connectivity index (χ2v) is 7.07. The number of hydrogen-bond donors (Lipinski definition) is 1. The minimum Gasteiger partial charge on any atom is -0.385 e. The van der Waals surface area contributed by atoms with Gasteiger partial charge in [0.05, 0.1) is 5.60 Å². The Bertz CT molecular complexity index is 430. The molecule has 1 fully saturated rings. The maximum Gasteiger partial charge on any atom is 0.0927 e. The second kappa shape index (κ2) is 5.28. The van der Waals surface area contributed by atoms with Gasteiger partial charge in [-0.1, -0.05) is 71.2 Å². The van der Waals surface area contributed by atoms with Crippen LogP contribution < -0.4 is 0 Å².